The molecule has 0 aliphatic heterocycles. The van der Waals surface area contributed by atoms with Crippen LogP contribution in [0.2, 0.25) is 0 Å². The second kappa shape index (κ2) is 4.47. The summed E-state index contributed by atoms with van der Waals surface area (Å²) in [6.07, 6.45) is -1.25. The number of hydrogen-bond acceptors (Lipinski definition) is 0. The van der Waals surface area contributed by atoms with E-state index in [1.807, 2.05) is 29.5 Å². The Bertz CT molecular complexity index is 56.4. The molecular weight excluding hydrogens is 225 g/mol. The lowest BCUT2D eigenvalue weighted by Gasteiger charge is -2.02. The molecule has 0 heterocycles. The fourth-order valence-electron chi connectivity index (χ4n) is 0.360. The zero-order valence-electron chi connectivity index (χ0n) is 4.70. The van der Waals surface area contributed by atoms with Gasteiger partial charge in [0.2, 0.25) is 6.43 Å². The van der Waals surface area contributed by atoms with Crippen LogP contribution in [0.25, 0.3) is 0 Å². The van der Waals surface area contributed by atoms with Crippen molar-refractivity contribution in [2.75, 3.05) is 0 Å². The molecule has 0 aromatic heterocycles. The van der Waals surface area contributed by atoms with Crippen LogP contribution in [0.4, 0.5) is 8.78 Å². The lowest BCUT2D eigenvalue weighted by molar-refractivity contribution is 0.138. The van der Waals surface area contributed by atoms with Gasteiger partial charge in [-0.1, -0.05) is 29.5 Å². The Morgan fingerprint density at radius 3 is 2.12 bits per heavy atom. The average Bonchev–Trinajstić information content (AvgIpc) is 1.65. The maximum absolute atomic E-state index is 11.5. The zero-order chi connectivity index (χ0) is 6.57. The van der Waals surface area contributed by atoms with Crippen molar-refractivity contribution in [3.63, 3.8) is 0 Å². The first-order valence-corrected chi connectivity index (χ1v) is 3.83. The van der Waals surface area contributed by atoms with E-state index in [4.69, 9.17) is 0 Å². The number of rotatable bonds is 3. The standard InChI is InChI=1S/C5H9F2I/c1-2-4(8)3-5(6)7/h4-5H,2-3H2,1H3. The van der Waals surface area contributed by atoms with Gasteiger partial charge in [0.15, 0.2) is 0 Å². The van der Waals surface area contributed by atoms with Gasteiger partial charge < -0.3 is 0 Å². The van der Waals surface area contributed by atoms with Crippen molar-refractivity contribution in [2.24, 2.45) is 0 Å². The van der Waals surface area contributed by atoms with Crippen LogP contribution in [0.5, 0.6) is 0 Å². The Kier molecular flexibility index (Phi) is 4.80. The Morgan fingerprint density at radius 1 is 1.50 bits per heavy atom. The van der Waals surface area contributed by atoms with Crippen LogP contribution in [0.1, 0.15) is 19.8 Å². The van der Waals surface area contributed by atoms with Crippen LogP contribution in [-0.4, -0.2) is 10.4 Å². The van der Waals surface area contributed by atoms with E-state index < -0.39 is 6.43 Å². The summed E-state index contributed by atoms with van der Waals surface area (Å²) in [5, 5.41) is 0. The highest BCUT2D eigenvalue weighted by Gasteiger charge is 2.08. The van der Waals surface area contributed by atoms with Gasteiger partial charge in [-0.25, -0.2) is 8.78 Å². The molecule has 0 saturated carbocycles. The van der Waals surface area contributed by atoms with E-state index in [1.54, 1.807) is 0 Å². The summed E-state index contributed by atoms with van der Waals surface area (Å²) < 4.78 is 23.1. The van der Waals surface area contributed by atoms with Crippen molar-refractivity contribution < 1.29 is 8.78 Å². The van der Waals surface area contributed by atoms with E-state index in [0.717, 1.165) is 6.42 Å². The second-order valence-electron chi connectivity index (χ2n) is 1.63. The van der Waals surface area contributed by atoms with Gasteiger partial charge in [-0.3, -0.25) is 0 Å². The third kappa shape index (κ3) is 4.74. The summed E-state index contributed by atoms with van der Waals surface area (Å²) in [5.74, 6) is 0. The van der Waals surface area contributed by atoms with Gasteiger partial charge in [-0.15, -0.1) is 0 Å². The molecule has 0 spiro atoms. The smallest absolute Gasteiger partial charge is 0.210 e. The topological polar surface area (TPSA) is 0 Å². The van der Waals surface area contributed by atoms with Crippen LogP contribution in [0, 0.1) is 0 Å². The zero-order valence-corrected chi connectivity index (χ0v) is 6.86. The van der Waals surface area contributed by atoms with Gasteiger partial charge in [0, 0.05) is 10.3 Å². The molecule has 0 aromatic carbocycles. The molecular formula is C5H9F2I. The largest absolute Gasteiger partial charge is 0.239 e. The van der Waals surface area contributed by atoms with Crippen LogP contribution in [-0.2, 0) is 0 Å². The molecule has 8 heavy (non-hydrogen) atoms. The SMILES string of the molecule is CCC(I)CC(F)F. The Hall–Kier alpha value is 0.590. The minimum atomic E-state index is -2.13. The van der Waals surface area contributed by atoms with Crippen molar-refractivity contribution in [2.45, 2.75) is 30.1 Å². The molecule has 0 aliphatic carbocycles. The molecule has 1 unspecified atom stereocenters. The molecule has 3 heteroatoms. The highest BCUT2D eigenvalue weighted by molar-refractivity contribution is 14.1. The molecule has 0 fully saturated rings. The lowest BCUT2D eigenvalue weighted by atomic mass is 10.3. The Labute approximate surface area is 61.8 Å². The first-order chi connectivity index (χ1) is 3.66. The number of halogens is 3. The van der Waals surface area contributed by atoms with Crippen molar-refractivity contribution in [3.8, 4) is 0 Å². The van der Waals surface area contributed by atoms with Gasteiger partial charge in [-0.05, 0) is 6.42 Å². The van der Waals surface area contributed by atoms with E-state index in [9.17, 15) is 8.78 Å². The van der Waals surface area contributed by atoms with Crippen molar-refractivity contribution in [1.29, 1.82) is 0 Å². The molecule has 0 nitrogen and oxygen atoms in total. The van der Waals surface area contributed by atoms with E-state index in [0.29, 0.717) is 0 Å². The van der Waals surface area contributed by atoms with Crippen molar-refractivity contribution in [1.82, 2.24) is 0 Å². The van der Waals surface area contributed by atoms with Gasteiger partial charge in [-0.2, -0.15) is 0 Å². The van der Waals surface area contributed by atoms with Gasteiger partial charge in [0.05, 0.1) is 0 Å². The molecule has 0 radical (unpaired) electrons. The van der Waals surface area contributed by atoms with Crippen molar-refractivity contribution >= 4 is 22.6 Å². The molecule has 0 bridgehead atoms. The minimum absolute atomic E-state index is 0.0388. The fourth-order valence-corrected chi connectivity index (χ4v) is 0.744. The predicted molar refractivity (Wildman–Crippen MR) is 38.7 cm³/mol. The lowest BCUT2D eigenvalue weighted by Crippen LogP contribution is -2.01. The van der Waals surface area contributed by atoms with E-state index in [1.165, 1.54) is 0 Å². The summed E-state index contributed by atoms with van der Waals surface area (Å²) in [5.41, 5.74) is 0. The second-order valence-corrected chi connectivity index (χ2v) is 3.39. The first kappa shape index (κ1) is 8.59. The molecule has 0 rings (SSSR count). The van der Waals surface area contributed by atoms with Gasteiger partial charge in [0.1, 0.15) is 0 Å². The minimum Gasteiger partial charge on any atom is -0.210 e. The summed E-state index contributed by atoms with van der Waals surface area (Å²) in [6, 6.07) is 0. The highest BCUT2D eigenvalue weighted by atomic mass is 127. The maximum atomic E-state index is 11.5. The van der Waals surface area contributed by atoms with Crippen LogP contribution >= 0.6 is 22.6 Å². The normalized spacial score (nSPS) is 14.6. The monoisotopic (exact) mass is 234 g/mol. The predicted octanol–water partition coefficient (Wildman–Crippen LogP) is 2.86. The van der Waals surface area contributed by atoms with Crippen LogP contribution < -0.4 is 0 Å². The first-order valence-electron chi connectivity index (χ1n) is 2.59. The van der Waals surface area contributed by atoms with E-state index >= 15 is 0 Å². The molecule has 0 aromatic rings. The fraction of sp³-hybridized carbons (Fsp3) is 1.00. The molecule has 0 amide bonds. The maximum Gasteiger partial charge on any atom is 0.239 e. The molecule has 1 atom stereocenters. The number of alkyl halides is 3. The van der Waals surface area contributed by atoms with E-state index in [2.05, 4.69) is 0 Å². The Balaban J connectivity index is 3.10. The Morgan fingerprint density at radius 2 is 2.00 bits per heavy atom. The van der Waals surface area contributed by atoms with Crippen molar-refractivity contribution in [3.05, 3.63) is 0 Å². The van der Waals surface area contributed by atoms with Crippen LogP contribution in [0.3, 0.4) is 0 Å². The molecule has 0 N–H and O–H groups in total. The summed E-state index contributed by atoms with van der Waals surface area (Å²) in [7, 11) is 0. The molecule has 0 saturated heterocycles. The quantitative estimate of drug-likeness (QED) is 0.520. The van der Waals surface area contributed by atoms with Gasteiger partial charge in [0.25, 0.3) is 0 Å². The molecule has 50 valence electrons. The van der Waals surface area contributed by atoms with E-state index in [-0.39, 0.29) is 10.3 Å². The van der Waals surface area contributed by atoms with Crippen LogP contribution in [0.15, 0.2) is 0 Å². The summed E-state index contributed by atoms with van der Waals surface area (Å²) in [4.78, 5) is 0. The summed E-state index contributed by atoms with van der Waals surface area (Å²) >= 11 is 2.04. The molecule has 0 aliphatic rings. The summed E-state index contributed by atoms with van der Waals surface area (Å²) in [6.45, 7) is 1.92. The third-order valence-corrected chi connectivity index (χ3v) is 2.27. The highest BCUT2D eigenvalue weighted by Crippen LogP contribution is 2.14. The average molecular weight is 234 g/mol. The third-order valence-electron chi connectivity index (χ3n) is 0.877. The van der Waals surface area contributed by atoms with Gasteiger partial charge >= 0.3 is 0 Å². The number of hydrogen-bond donors (Lipinski definition) is 0.